The minimum absolute atomic E-state index is 0.367. The van der Waals surface area contributed by atoms with Gasteiger partial charge in [0.1, 0.15) is 6.07 Å². The number of rotatable bonds is 3. The van der Waals surface area contributed by atoms with Gasteiger partial charge in [0.2, 0.25) is 0 Å². The van der Waals surface area contributed by atoms with Crippen LogP contribution in [0.15, 0.2) is 24.5 Å². The third kappa shape index (κ3) is 2.34. The zero-order valence-electron chi connectivity index (χ0n) is 9.38. The molecule has 0 amide bonds. The molecule has 0 spiro atoms. The highest BCUT2D eigenvalue weighted by Gasteiger charge is 2.05. The predicted molar refractivity (Wildman–Crippen MR) is 63.9 cm³/mol. The Hall–Kier alpha value is -2.55. The van der Waals surface area contributed by atoms with Crippen LogP contribution >= 0.6 is 0 Å². The Morgan fingerprint density at radius 1 is 1.53 bits per heavy atom. The number of aryl methyl sites for hydroxylation is 1. The normalized spacial score (nSPS) is 9.88. The molecule has 0 bridgehead atoms. The number of nitriles is 1. The summed E-state index contributed by atoms with van der Waals surface area (Å²) in [5, 5.41) is 16.1. The summed E-state index contributed by atoms with van der Waals surface area (Å²) in [5.74, 6) is 0.509. The fourth-order valence-electron chi connectivity index (χ4n) is 1.44. The zero-order chi connectivity index (χ0) is 12.3. The molecule has 0 aliphatic heterocycles. The van der Waals surface area contributed by atoms with E-state index in [0.29, 0.717) is 23.6 Å². The van der Waals surface area contributed by atoms with Crippen LogP contribution in [0.1, 0.15) is 11.3 Å². The van der Waals surface area contributed by atoms with E-state index in [1.165, 1.54) is 0 Å². The Morgan fingerprint density at radius 3 is 3.00 bits per heavy atom. The van der Waals surface area contributed by atoms with Gasteiger partial charge in [-0.05, 0) is 12.1 Å². The third-order valence-corrected chi connectivity index (χ3v) is 2.32. The van der Waals surface area contributed by atoms with Crippen LogP contribution in [0.3, 0.4) is 0 Å². The van der Waals surface area contributed by atoms with E-state index in [2.05, 4.69) is 15.4 Å². The van der Waals surface area contributed by atoms with Gasteiger partial charge in [0, 0.05) is 19.4 Å². The van der Waals surface area contributed by atoms with Crippen molar-refractivity contribution in [3.8, 4) is 6.07 Å². The quantitative estimate of drug-likeness (QED) is 0.813. The van der Waals surface area contributed by atoms with Gasteiger partial charge < -0.3 is 11.1 Å². The summed E-state index contributed by atoms with van der Waals surface area (Å²) in [4.78, 5) is 4.09. The smallest absolute Gasteiger partial charge is 0.150 e. The van der Waals surface area contributed by atoms with Crippen molar-refractivity contribution < 1.29 is 0 Å². The van der Waals surface area contributed by atoms with Gasteiger partial charge in [0.25, 0.3) is 0 Å². The van der Waals surface area contributed by atoms with Gasteiger partial charge in [-0.2, -0.15) is 10.4 Å². The van der Waals surface area contributed by atoms with Gasteiger partial charge in [0.15, 0.2) is 5.82 Å². The van der Waals surface area contributed by atoms with Crippen LogP contribution in [-0.4, -0.2) is 14.8 Å². The van der Waals surface area contributed by atoms with E-state index in [1.807, 2.05) is 25.4 Å². The summed E-state index contributed by atoms with van der Waals surface area (Å²) in [5.41, 5.74) is 7.46. The lowest BCUT2D eigenvalue weighted by Crippen LogP contribution is -2.06. The van der Waals surface area contributed by atoms with Crippen molar-refractivity contribution in [1.29, 1.82) is 5.26 Å². The molecule has 6 heteroatoms. The Balaban J connectivity index is 2.12. The second kappa shape index (κ2) is 4.53. The maximum atomic E-state index is 8.83. The summed E-state index contributed by atoms with van der Waals surface area (Å²) >= 11 is 0. The van der Waals surface area contributed by atoms with Gasteiger partial charge in [-0.25, -0.2) is 4.98 Å². The monoisotopic (exact) mass is 228 g/mol. The van der Waals surface area contributed by atoms with Crippen molar-refractivity contribution in [2.75, 3.05) is 11.1 Å². The number of hydrogen-bond donors (Lipinski definition) is 2. The highest BCUT2D eigenvalue weighted by molar-refractivity contribution is 5.68. The van der Waals surface area contributed by atoms with Gasteiger partial charge in [-0.1, -0.05) is 0 Å². The number of pyridine rings is 1. The molecule has 2 rings (SSSR count). The first-order valence-electron chi connectivity index (χ1n) is 5.07. The number of aromatic nitrogens is 3. The minimum Gasteiger partial charge on any atom is -0.395 e. The number of nitrogens with two attached hydrogens (primary N) is 1. The molecule has 2 heterocycles. The Kier molecular flexibility index (Phi) is 2.92. The van der Waals surface area contributed by atoms with Crippen LogP contribution in [0.25, 0.3) is 0 Å². The molecule has 0 saturated heterocycles. The van der Waals surface area contributed by atoms with E-state index in [4.69, 9.17) is 11.0 Å². The van der Waals surface area contributed by atoms with Crippen molar-refractivity contribution in [2.24, 2.45) is 7.05 Å². The lowest BCUT2D eigenvalue weighted by atomic mass is 10.2. The molecule has 0 aromatic carbocycles. The molecular formula is C11H12N6. The molecule has 2 aromatic heterocycles. The van der Waals surface area contributed by atoms with Crippen LogP contribution in [-0.2, 0) is 13.6 Å². The van der Waals surface area contributed by atoms with Crippen LogP contribution in [0, 0.1) is 11.3 Å². The first-order chi connectivity index (χ1) is 8.20. The molecule has 0 radical (unpaired) electrons. The van der Waals surface area contributed by atoms with Gasteiger partial charge in [-0.3, -0.25) is 4.68 Å². The topological polar surface area (TPSA) is 92.5 Å². The largest absolute Gasteiger partial charge is 0.395 e. The van der Waals surface area contributed by atoms with Gasteiger partial charge in [-0.15, -0.1) is 0 Å². The summed E-state index contributed by atoms with van der Waals surface area (Å²) in [6.45, 7) is 0.521. The molecule has 0 saturated carbocycles. The van der Waals surface area contributed by atoms with E-state index < -0.39 is 0 Å². The zero-order valence-corrected chi connectivity index (χ0v) is 9.38. The second-order valence-corrected chi connectivity index (χ2v) is 3.57. The Morgan fingerprint density at radius 2 is 2.35 bits per heavy atom. The van der Waals surface area contributed by atoms with Crippen LogP contribution in [0.2, 0.25) is 0 Å². The number of anilines is 2. The van der Waals surface area contributed by atoms with Gasteiger partial charge >= 0.3 is 0 Å². The highest BCUT2D eigenvalue weighted by atomic mass is 15.3. The van der Waals surface area contributed by atoms with E-state index in [9.17, 15) is 0 Å². The fourth-order valence-corrected chi connectivity index (χ4v) is 1.44. The first kappa shape index (κ1) is 11.0. The Labute approximate surface area is 98.7 Å². The number of nitrogens with zero attached hydrogens (tertiary/aromatic N) is 4. The third-order valence-electron chi connectivity index (χ3n) is 2.32. The predicted octanol–water partition coefficient (Wildman–Crippen LogP) is 0.881. The molecule has 6 nitrogen and oxygen atoms in total. The lowest BCUT2D eigenvalue weighted by Gasteiger charge is -2.07. The molecule has 2 aromatic rings. The summed E-state index contributed by atoms with van der Waals surface area (Å²) in [6.07, 6.45) is 3.41. The molecule has 0 atom stereocenters. The standard InChI is InChI=1S/C11H12N6/c1-17-5-3-9(16-17)7-15-11-10(13)8(6-12)2-4-14-11/h2-5H,7,13H2,1H3,(H,14,15). The fraction of sp³-hybridized carbons (Fsp3) is 0.182. The second-order valence-electron chi connectivity index (χ2n) is 3.57. The molecule has 0 fully saturated rings. The molecular weight excluding hydrogens is 216 g/mol. The van der Waals surface area contributed by atoms with E-state index in [1.54, 1.807) is 16.9 Å². The average molecular weight is 228 g/mol. The molecule has 3 N–H and O–H groups in total. The van der Waals surface area contributed by atoms with E-state index >= 15 is 0 Å². The molecule has 0 unspecified atom stereocenters. The van der Waals surface area contributed by atoms with Crippen LogP contribution in [0.5, 0.6) is 0 Å². The molecule has 0 aliphatic carbocycles. The van der Waals surface area contributed by atoms with Crippen LogP contribution < -0.4 is 11.1 Å². The molecule has 86 valence electrons. The number of nitrogens with one attached hydrogen (secondary N) is 1. The molecule has 17 heavy (non-hydrogen) atoms. The van der Waals surface area contributed by atoms with E-state index in [-0.39, 0.29) is 0 Å². The van der Waals surface area contributed by atoms with Gasteiger partial charge in [0.05, 0.1) is 23.5 Å². The molecule has 0 aliphatic rings. The summed E-state index contributed by atoms with van der Waals surface area (Å²) in [7, 11) is 1.85. The van der Waals surface area contributed by atoms with Crippen molar-refractivity contribution in [3.05, 3.63) is 35.8 Å². The SMILES string of the molecule is Cn1ccc(CNc2nccc(C#N)c2N)n1. The lowest BCUT2D eigenvalue weighted by molar-refractivity contribution is 0.747. The number of hydrogen-bond acceptors (Lipinski definition) is 5. The first-order valence-corrected chi connectivity index (χ1v) is 5.07. The van der Waals surface area contributed by atoms with Crippen molar-refractivity contribution in [3.63, 3.8) is 0 Å². The summed E-state index contributed by atoms with van der Waals surface area (Å²) in [6, 6.07) is 5.50. The average Bonchev–Trinajstić information content (AvgIpc) is 2.74. The van der Waals surface area contributed by atoms with E-state index in [0.717, 1.165) is 5.69 Å². The highest BCUT2D eigenvalue weighted by Crippen LogP contribution is 2.19. The van der Waals surface area contributed by atoms with Crippen LogP contribution in [0.4, 0.5) is 11.5 Å². The van der Waals surface area contributed by atoms with Crippen molar-refractivity contribution in [2.45, 2.75) is 6.54 Å². The Bertz CT molecular complexity index is 566. The maximum Gasteiger partial charge on any atom is 0.150 e. The number of nitrogen functional groups attached to an aromatic ring is 1. The maximum absolute atomic E-state index is 8.83. The van der Waals surface area contributed by atoms with Crippen molar-refractivity contribution >= 4 is 11.5 Å². The summed E-state index contributed by atoms with van der Waals surface area (Å²) < 4.78 is 1.72. The van der Waals surface area contributed by atoms with Crippen molar-refractivity contribution in [1.82, 2.24) is 14.8 Å². The minimum atomic E-state index is 0.367.